The van der Waals surface area contributed by atoms with Gasteiger partial charge in [0, 0.05) is 19.1 Å². The fourth-order valence-corrected chi connectivity index (χ4v) is 3.20. The van der Waals surface area contributed by atoms with Crippen LogP contribution in [0.4, 0.5) is 0 Å². The zero-order valence-corrected chi connectivity index (χ0v) is 17.5. The maximum absolute atomic E-state index is 10.1. The van der Waals surface area contributed by atoms with Gasteiger partial charge in [-0.1, -0.05) is 56.3 Å². The molecule has 4 nitrogen and oxygen atoms in total. The number of rotatable bonds is 12. The van der Waals surface area contributed by atoms with Crippen LogP contribution >= 0.6 is 0 Å². The van der Waals surface area contributed by atoms with E-state index in [2.05, 4.69) is 26.0 Å². The third-order valence-electron chi connectivity index (χ3n) is 4.80. The minimum atomic E-state index is -0.175. The highest BCUT2D eigenvalue weighted by Gasteiger charge is 2.28. The fourth-order valence-electron chi connectivity index (χ4n) is 3.20. The third kappa shape index (κ3) is 7.27. The van der Waals surface area contributed by atoms with Crippen molar-refractivity contribution in [3.63, 3.8) is 0 Å². The molecule has 2 rings (SSSR count). The molecular weight excluding hydrogens is 352 g/mol. The largest absolute Gasteiger partial charge is 0.497 e. The summed E-state index contributed by atoms with van der Waals surface area (Å²) in [6.07, 6.45) is 0.448. The van der Waals surface area contributed by atoms with Gasteiger partial charge in [-0.25, -0.2) is 0 Å². The van der Waals surface area contributed by atoms with Crippen LogP contribution in [0, 0.1) is 11.8 Å². The highest BCUT2D eigenvalue weighted by atomic mass is 16.5. The summed E-state index contributed by atoms with van der Waals surface area (Å²) in [6.45, 7) is 7.49. The standard InChI is InChI=1S/C24H34O4/c1-18(2)16-28-24(22(15-25)14-20-8-6-5-7-9-20)19(3)27-17-21-10-12-23(26-4)13-11-21/h5-13,18-19,22,24-25H,14-17H2,1-4H3/t19-,22-,24-/m0/s1. The van der Waals surface area contributed by atoms with Crippen molar-refractivity contribution in [2.45, 2.75) is 46.0 Å². The fraction of sp³-hybridized carbons (Fsp3) is 0.500. The molecule has 0 saturated heterocycles. The number of aliphatic hydroxyl groups excluding tert-OH is 1. The minimum absolute atomic E-state index is 0.0213. The van der Waals surface area contributed by atoms with E-state index in [1.165, 1.54) is 5.56 Å². The van der Waals surface area contributed by atoms with Gasteiger partial charge in [-0.2, -0.15) is 0 Å². The first kappa shape index (κ1) is 22.4. The summed E-state index contributed by atoms with van der Waals surface area (Å²) >= 11 is 0. The lowest BCUT2D eigenvalue weighted by molar-refractivity contribution is -0.109. The van der Waals surface area contributed by atoms with E-state index in [4.69, 9.17) is 14.2 Å². The zero-order valence-electron chi connectivity index (χ0n) is 17.5. The van der Waals surface area contributed by atoms with Crippen LogP contribution in [-0.4, -0.2) is 37.6 Å². The van der Waals surface area contributed by atoms with Crippen LogP contribution in [0.1, 0.15) is 31.9 Å². The molecule has 154 valence electrons. The Balaban J connectivity index is 2.03. The van der Waals surface area contributed by atoms with Gasteiger partial charge >= 0.3 is 0 Å². The highest BCUT2D eigenvalue weighted by Crippen LogP contribution is 2.22. The Labute approximate surface area is 169 Å². The lowest BCUT2D eigenvalue weighted by Gasteiger charge is -2.32. The average molecular weight is 387 g/mol. The van der Waals surface area contributed by atoms with Crippen LogP contribution in [0.25, 0.3) is 0 Å². The van der Waals surface area contributed by atoms with E-state index in [0.29, 0.717) is 19.1 Å². The number of aliphatic hydroxyl groups is 1. The SMILES string of the molecule is COc1ccc(CO[C@@H](C)[C@H](OCC(C)C)[C@H](CO)Cc2ccccc2)cc1. The molecule has 4 heteroatoms. The Kier molecular flexibility index (Phi) is 9.48. The first-order valence-corrected chi connectivity index (χ1v) is 10.0. The van der Waals surface area contributed by atoms with E-state index in [1.54, 1.807) is 7.11 Å². The average Bonchev–Trinajstić information content (AvgIpc) is 2.72. The Bertz CT molecular complexity index is 654. The van der Waals surface area contributed by atoms with Gasteiger partial charge in [-0.05, 0) is 42.5 Å². The summed E-state index contributed by atoms with van der Waals surface area (Å²) in [7, 11) is 1.66. The topological polar surface area (TPSA) is 47.9 Å². The van der Waals surface area contributed by atoms with Gasteiger partial charge in [0.2, 0.25) is 0 Å². The molecule has 2 aromatic carbocycles. The molecule has 0 saturated carbocycles. The van der Waals surface area contributed by atoms with E-state index in [1.807, 2.05) is 49.4 Å². The van der Waals surface area contributed by atoms with Gasteiger partial charge in [-0.3, -0.25) is 0 Å². The van der Waals surface area contributed by atoms with Crippen molar-refractivity contribution in [1.82, 2.24) is 0 Å². The molecule has 0 heterocycles. The highest BCUT2D eigenvalue weighted by molar-refractivity contribution is 5.26. The zero-order chi connectivity index (χ0) is 20.4. The molecule has 0 aliphatic carbocycles. The quantitative estimate of drug-likeness (QED) is 0.584. The number of benzene rings is 2. The molecule has 28 heavy (non-hydrogen) atoms. The number of ether oxygens (including phenoxy) is 3. The van der Waals surface area contributed by atoms with Crippen molar-refractivity contribution < 1.29 is 19.3 Å². The molecule has 0 aliphatic heterocycles. The van der Waals surface area contributed by atoms with Crippen LogP contribution in [0.5, 0.6) is 5.75 Å². The Morgan fingerprint density at radius 2 is 1.54 bits per heavy atom. The van der Waals surface area contributed by atoms with E-state index >= 15 is 0 Å². The van der Waals surface area contributed by atoms with Gasteiger partial charge in [-0.15, -0.1) is 0 Å². The summed E-state index contributed by atoms with van der Waals surface area (Å²) in [6, 6.07) is 18.1. The van der Waals surface area contributed by atoms with Gasteiger partial charge in [0.25, 0.3) is 0 Å². The molecule has 0 aromatic heterocycles. The first-order valence-electron chi connectivity index (χ1n) is 10.0. The molecular formula is C24H34O4. The van der Waals surface area contributed by atoms with Crippen LogP contribution in [0.15, 0.2) is 54.6 Å². The summed E-state index contributed by atoms with van der Waals surface area (Å²) in [5.74, 6) is 1.23. The normalized spacial score (nSPS) is 14.6. The van der Waals surface area contributed by atoms with Crippen molar-refractivity contribution in [2.75, 3.05) is 20.3 Å². The van der Waals surface area contributed by atoms with Gasteiger partial charge < -0.3 is 19.3 Å². The van der Waals surface area contributed by atoms with E-state index < -0.39 is 0 Å². The third-order valence-corrected chi connectivity index (χ3v) is 4.80. The number of methoxy groups -OCH3 is 1. The van der Waals surface area contributed by atoms with E-state index in [9.17, 15) is 5.11 Å². The molecule has 0 spiro atoms. The second-order valence-electron chi connectivity index (χ2n) is 7.69. The molecule has 0 radical (unpaired) electrons. The van der Waals surface area contributed by atoms with Crippen molar-refractivity contribution in [2.24, 2.45) is 11.8 Å². The molecule has 0 fully saturated rings. The molecule has 0 bridgehead atoms. The van der Waals surface area contributed by atoms with E-state index in [0.717, 1.165) is 17.7 Å². The maximum Gasteiger partial charge on any atom is 0.118 e. The molecule has 0 unspecified atom stereocenters. The Morgan fingerprint density at radius 1 is 0.857 bits per heavy atom. The Morgan fingerprint density at radius 3 is 2.11 bits per heavy atom. The molecule has 1 N–H and O–H groups in total. The number of hydrogen-bond donors (Lipinski definition) is 1. The van der Waals surface area contributed by atoms with Gasteiger partial charge in [0.1, 0.15) is 5.75 Å². The molecule has 2 aromatic rings. The maximum atomic E-state index is 10.1. The van der Waals surface area contributed by atoms with Crippen LogP contribution in [-0.2, 0) is 22.5 Å². The summed E-state index contributed by atoms with van der Waals surface area (Å²) in [4.78, 5) is 0. The minimum Gasteiger partial charge on any atom is -0.497 e. The predicted molar refractivity (Wildman–Crippen MR) is 113 cm³/mol. The van der Waals surface area contributed by atoms with E-state index in [-0.39, 0.29) is 24.7 Å². The number of hydrogen-bond acceptors (Lipinski definition) is 4. The molecule has 0 amide bonds. The Hall–Kier alpha value is -1.88. The second-order valence-corrected chi connectivity index (χ2v) is 7.69. The molecule has 0 aliphatic rings. The smallest absolute Gasteiger partial charge is 0.118 e. The van der Waals surface area contributed by atoms with Crippen LogP contribution in [0.3, 0.4) is 0 Å². The second kappa shape index (κ2) is 11.8. The summed E-state index contributed by atoms with van der Waals surface area (Å²) in [5.41, 5.74) is 2.28. The van der Waals surface area contributed by atoms with Gasteiger partial charge in [0.05, 0.1) is 25.9 Å². The molecule has 3 atom stereocenters. The lowest BCUT2D eigenvalue weighted by atomic mass is 9.91. The summed E-state index contributed by atoms with van der Waals surface area (Å²) in [5, 5.41) is 10.1. The van der Waals surface area contributed by atoms with Crippen molar-refractivity contribution >= 4 is 0 Å². The first-order chi connectivity index (χ1) is 13.5. The lowest BCUT2D eigenvalue weighted by Crippen LogP contribution is -2.39. The predicted octanol–water partition coefficient (Wildman–Crippen LogP) is 4.49. The van der Waals surface area contributed by atoms with Crippen LogP contribution in [0.2, 0.25) is 0 Å². The monoisotopic (exact) mass is 386 g/mol. The van der Waals surface area contributed by atoms with Gasteiger partial charge in [0.15, 0.2) is 0 Å². The van der Waals surface area contributed by atoms with Crippen molar-refractivity contribution in [1.29, 1.82) is 0 Å². The summed E-state index contributed by atoms with van der Waals surface area (Å²) < 4.78 is 17.6. The van der Waals surface area contributed by atoms with Crippen LogP contribution < -0.4 is 4.74 Å². The van der Waals surface area contributed by atoms with Crippen molar-refractivity contribution in [3.8, 4) is 5.75 Å². The van der Waals surface area contributed by atoms with Crippen molar-refractivity contribution in [3.05, 3.63) is 65.7 Å².